The van der Waals surface area contributed by atoms with Crippen LogP contribution in [-0.2, 0) is 4.79 Å². The number of benzene rings is 2. The lowest BCUT2D eigenvalue weighted by Gasteiger charge is -2.10. The van der Waals surface area contributed by atoms with E-state index in [2.05, 4.69) is 16.9 Å². The van der Waals surface area contributed by atoms with Crippen molar-refractivity contribution < 1.29 is 27.4 Å². The third-order valence-electron chi connectivity index (χ3n) is 6.39. The van der Waals surface area contributed by atoms with Crippen LogP contribution in [-0.4, -0.2) is 28.7 Å². The Morgan fingerprint density at radius 3 is 2.05 bits per heavy atom. The molecule has 1 atom stereocenters. The first kappa shape index (κ1) is 30.1. The van der Waals surface area contributed by atoms with Crippen LogP contribution in [0.25, 0.3) is 22.5 Å². The molecule has 0 aliphatic rings. The molecule has 0 saturated carbocycles. The molecule has 5 nitrogen and oxygen atoms in total. The largest absolute Gasteiger partial charge is 0.491 e. The van der Waals surface area contributed by atoms with Crippen molar-refractivity contribution >= 4 is 5.97 Å². The topological polar surface area (TPSA) is 61.3 Å². The number of hydrogen-bond acceptors (Lipinski definition) is 5. The van der Waals surface area contributed by atoms with Gasteiger partial charge in [-0.25, -0.2) is 27.9 Å². The average molecular weight is 543 g/mol. The van der Waals surface area contributed by atoms with Crippen molar-refractivity contribution in [3.63, 3.8) is 0 Å². The molecule has 0 N–H and O–H groups in total. The van der Waals surface area contributed by atoms with Gasteiger partial charge in [-0.2, -0.15) is 0 Å². The quantitative estimate of drug-likeness (QED) is 0.103. The SMILES string of the molecule is CCCCCCCCOc1ccc(-c2cnc(-c3ccc(OC(=O)[C@@H](F)CCCCC)c(F)c3)nc2)cc1F. The minimum atomic E-state index is -1.79. The van der Waals surface area contributed by atoms with Crippen molar-refractivity contribution in [1.29, 1.82) is 0 Å². The Bertz CT molecular complexity index is 1190. The molecular weight excluding hydrogens is 505 g/mol. The normalized spacial score (nSPS) is 11.8. The molecule has 0 aliphatic carbocycles. The summed E-state index contributed by atoms with van der Waals surface area (Å²) in [5, 5.41) is 0. The lowest BCUT2D eigenvalue weighted by Crippen LogP contribution is -2.22. The monoisotopic (exact) mass is 542 g/mol. The molecule has 0 radical (unpaired) electrons. The van der Waals surface area contributed by atoms with Gasteiger partial charge in [0.1, 0.15) is 0 Å². The highest BCUT2D eigenvalue weighted by molar-refractivity contribution is 5.77. The van der Waals surface area contributed by atoms with Crippen molar-refractivity contribution in [2.24, 2.45) is 0 Å². The summed E-state index contributed by atoms with van der Waals surface area (Å²) in [6.07, 6.45) is 10.3. The van der Waals surface area contributed by atoms with Gasteiger partial charge in [0.25, 0.3) is 0 Å². The highest BCUT2D eigenvalue weighted by Crippen LogP contribution is 2.28. The number of nitrogens with zero attached hydrogens (tertiary/aromatic N) is 2. The second-order valence-corrected chi connectivity index (χ2v) is 9.59. The van der Waals surface area contributed by atoms with E-state index in [0.717, 1.165) is 38.2 Å². The van der Waals surface area contributed by atoms with Gasteiger partial charge in [-0.3, -0.25) is 0 Å². The van der Waals surface area contributed by atoms with Crippen LogP contribution in [0.1, 0.15) is 78.1 Å². The van der Waals surface area contributed by atoms with E-state index in [0.29, 0.717) is 29.7 Å². The fraction of sp³-hybridized carbons (Fsp3) is 0.452. The molecule has 8 heteroatoms. The molecule has 1 aromatic heterocycles. The van der Waals surface area contributed by atoms with E-state index in [1.807, 2.05) is 6.92 Å². The molecule has 210 valence electrons. The maximum absolute atomic E-state index is 14.6. The molecule has 1 heterocycles. The van der Waals surface area contributed by atoms with E-state index < -0.39 is 23.8 Å². The summed E-state index contributed by atoms with van der Waals surface area (Å²) in [7, 11) is 0. The van der Waals surface area contributed by atoms with Gasteiger partial charge in [-0.05, 0) is 55.2 Å². The molecule has 0 unspecified atom stereocenters. The fourth-order valence-electron chi connectivity index (χ4n) is 4.07. The minimum absolute atomic E-state index is 0.0470. The molecule has 0 spiro atoms. The first-order chi connectivity index (χ1) is 18.9. The number of carbonyl (C=O) groups excluding carboxylic acids is 1. The Morgan fingerprint density at radius 1 is 0.769 bits per heavy atom. The van der Waals surface area contributed by atoms with Crippen LogP contribution in [0.2, 0.25) is 0 Å². The van der Waals surface area contributed by atoms with Crippen LogP contribution < -0.4 is 9.47 Å². The van der Waals surface area contributed by atoms with Crippen LogP contribution in [0.3, 0.4) is 0 Å². The van der Waals surface area contributed by atoms with Gasteiger partial charge in [0.2, 0.25) is 0 Å². The summed E-state index contributed by atoms with van der Waals surface area (Å²) < 4.78 is 53.6. The summed E-state index contributed by atoms with van der Waals surface area (Å²) in [6, 6.07) is 8.56. The molecule has 3 rings (SSSR count). The lowest BCUT2D eigenvalue weighted by molar-refractivity contribution is -0.140. The van der Waals surface area contributed by atoms with Gasteiger partial charge >= 0.3 is 5.97 Å². The minimum Gasteiger partial charge on any atom is -0.491 e. The second kappa shape index (κ2) is 15.9. The predicted molar refractivity (Wildman–Crippen MR) is 146 cm³/mol. The number of ether oxygens (including phenoxy) is 2. The number of halogens is 3. The van der Waals surface area contributed by atoms with Gasteiger partial charge in [-0.1, -0.05) is 64.9 Å². The molecule has 0 aliphatic heterocycles. The Morgan fingerprint density at radius 2 is 1.36 bits per heavy atom. The standard InChI is InChI=1S/C31H37F3N2O3/c1-3-5-7-8-9-11-17-38-28-15-13-22(18-26(28)33)24-20-35-30(36-21-24)23-14-16-29(27(34)19-23)39-31(37)25(32)12-10-6-4-2/h13-16,18-21,25H,3-12,17H2,1-2H3/t25-/m0/s1. The first-order valence-electron chi connectivity index (χ1n) is 13.8. The smallest absolute Gasteiger partial charge is 0.346 e. The number of unbranched alkanes of at least 4 members (excludes halogenated alkanes) is 7. The Hall–Kier alpha value is -3.42. The highest BCUT2D eigenvalue weighted by atomic mass is 19.1. The zero-order valence-electron chi connectivity index (χ0n) is 22.7. The van der Waals surface area contributed by atoms with Crippen LogP contribution >= 0.6 is 0 Å². The number of carbonyl (C=O) groups is 1. The molecule has 3 aromatic rings. The van der Waals surface area contributed by atoms with Crippen LogP contribution in [0.15, 0.2) is 48.8 Å². The molecule has 0 saturated heterocycles. The van der Waals surface area contributed by atoms with Crippen LogP contribution in [0.5, 0.6) is 11.5 Å². The van der Waals surface area contributed by atoms with Crippen LogP contribution in [0, 0.1) is 11.6 Å². The van der Waals surface area contributed by atoms with Gasteiger partial charge in [0.15, 0.2) is 35.1 Å². The molecule has 0 bridgehead atoms. The number of hydrogen-bond donors (Lipinski definition) is 0. The Labute approximate surface area is 228 Å². The van der Waals surface area contributed by atoms with Crippen molar-refractivity contribution in [3.05, 3.63) is 60.4 Å². The van der Waals surface area contributed by atoms with Gasteiger partial charge < -0.3 is 9.47 Å². The summed E-state index contributed by atoms with van der Waals surface area (Å²) >= 11 is 0. The van der Waals surface area contributed by atoms with E-state index in [1.165, 1.54) is 49.9 Å². The van der Waals surface area contributed by atoms with E-state index in [1.54, 1.807) is 12.1 Å². The number of rotatable bonds is 16. The van der Waals surface area contributed by atoms with E-state index in [9.17, 15) is 18.0 Å². The van der Waals surface area contributed by atoms with Crippen molar-refractivity contribution in [2.75, 3.05) is 6.61 Å². The van der Waals surface area contributed by atoms with Gasteiger partial charge in [0.05, 0.1) is 6.61 Å². The molecular formula is C31H37F3N2O3. The van der Waals surface area contributed by atoms with Gasteiger partial charge in [-0.15, -0.1) is 0 Å². The summed E-state index contributed by atoms with van der Waals surface area (Å²) in [6.45, 7) is 4.63. The second-order valence-electron chi connectivity index (χ2n) is 9.59. The van der Waals surface area contributed by atoms with Crippen molar-refractivity contribution in [2.45, 2.75) is 84.2 Å². The highest BCUT2D eigenvalue weighted by Gasteiger charge is 2.21. The van der Waals surface area contributed by atoms with Gasteiger partial charge in [0, 0.05) is 23.5 Å². The zero-order valence-corrected chi connectivity index (χ0v) is 22.7. The lowest BCUT2D eigenvalue weighted by atomic mass is 10.1. The zero-order chi connectivity index (χ0) is 28.0. The van der Waals surface area contributed by atoms with Crippen molar-refractivity contribution in [3.8, 4) is 34.0 Å². The maximum Gasteiger partial charge on any atom is 0.346 e. The fourth-order valence-corrected chi connectivity index (χ4v) is 4.07. The van der Waals surface area contributed by atoms with E-state index in [4.69, 9.17) is 9.47 Å². The average Bonchev–Trinajstić information content (AvgIpc) is 2.94. The number of aromatic nitrogens is 2. The molecule has 2 aromatic carbocycles. The third kappa shape index (κ3) is 9.37. The summed E-state index contributed by atoms with van der Waals surface area (Å²) in [4.78, 5) is 20.5. The van der Waals surface area contributed by atoms with E-state index in [-0.39, 0.29) is 23.7 Å². The predicted octanol–water partition coefficient (Wildman–Crippen LogP) is 8.65. The number of alkyl halides is 1. The number of esters is 1. The Balaban J connectivity index is 1.57. The third-order valence-corrected chi connectivity index (χ3v) is 6.39. The molecule has 0 amide bonds. The molecule has 0 fully saturated rings. The Kier molecular flexibility index (Phi) is 12.3. The van der Waals surface area contributed by atoms with E-state index >= 15 is 0 Å². The maximum atomic E-state index is 14.6. The first-order valence-corrected chi connectivity index (χ1v) is 13.8. The van der Waals surface area contributed by atoms with Crippen LogP contribution in [0.4, 0.5) is 13.2 Å². The summed E-state index contributed by atoms with van der Waals surface area (Å²) in [5.74, 6) is -2.31. The van der Waals surface area contributed by atoms with Crippen molar-refractivity contribution in [1.82, 2.24) is 9.97 Å². The molecule has 39 heavy (non-hydrogen) atoms. The summed E-state index contributed by atoms with van der Waals surface area (Å²) in [5.41, 5.74) is 1.52.